The summed E-state index contributed by atoms with van der Waals surface area (Å²) in [6.45, 7) is 5.88. The highest BCUT2D eigenvalue weighted by molar-refractivity contribution is 5.87. The molecule has 0 aliphatic heterocycles. The summed E-state index contributed by atoms with van der Waals surface area (Å²) in [7, 11) is 0. The molecule has 3 atom stereocenters. The number of rotatable bonds is 4. The van der Waals surface area contributed by atoms with Crippen molar-refractivity contribution in [2.45, 2.75) is 64.4 Å². The van der Waals surface area contributed by atoms with E-state index in [1.54, 1.807) is 0 Å². The summed E-state index contributed by atoms with van der Waals surface area (Å²) < 4.78 is 5.66. The van der Waals surface area contributed by atoms with Gasteiger partial charge >= 0.3 is 5.97 Å². The van der Waals surface area contributed by atoms with Gasteiger partial charge in [0.2, 0.25) is 0 Å². The molecule has 0 bridgehead atoms. The van der Waals surface area contributed by atoms with Crippen LogP contribution in [0.3, 0.4) is 0 Å². The monoisotopic (exact) mass is 236 g/mol. The van der Waals surface area contributed by atoms with Crippen molar-refractivity contribution in [3.63, 3.8) is 0 Å². The first-order valence-electron chi connectivity index (χ1n) is 7.11. The van der Waals surface area contributed by atoms with Gasteiger partial charge in [-0.3, -0.25) is 0 Å². The minimum absolute atomic E-state index is 0.150. The molecule has 2 aliphatic rings. The fraction of sp³-hybridized carbons (Fsp3) is 0.800. The van der Waals surface area contributed by atoms with E-state index >= 15 is 0 Å². The Balaban J connectivity index is 1.86. The van der Waals surface area contributed by atoms with Crippen LogP contribution in [0.25, 0.3) is 0 Å². The highest BCUT2D eigenvalue weighted by Crippen LogP contribution is 2.43. The molecule has 0 saturated heterocycles. The Bertz CT molecular complexity index is 295. The maximum atomic E-state index is 11.8. The lowest BCUT2D eigenvalue weighted by molar-refractivity contribution is -0.146. The van der Waals surface area contributed by atoms with Crippen LogP contribution in [0.1, 0.15) is 58.3 Å². The van der Waals surface area contributed by atoms with E-state index in [0.717, 1.165) is 25.2 Å². The first kappa shape index (κ1) is 12.7. The third-order valence-corrected chi connectivity index (χ3v) is 4.37. The number of fused-ring (bicyclic) bond motifs is 1. The van der Waals surface area contributed by atoms with Crippen LogP contribution in [0.15, 0.2) is 12.2 Å². The third kappa shape index (κ3) is 2.91. The average molecular weight is 236 g/mol. The molecule has 2 nitrogen and oxygen atoms in total. The van der Waals surface area contributed by atoms with Crippen molar-refractivity contribution < 1.29 is 9.53 Å². The molecule has 0 aromatic carbocycles. The zero-order chi connectivity index (χ0) is 12.3. The van der Waals surface area contributed by atoms with Crippen LogP contribution >= 0.6 is 0 Å². The van der Waals surface area contributed by atoms with Gasteiger partial charge in [-0.25, -0.2) is 4.79 Å². The van der Waals surface area contributed by atoms with Gasteiger partial charge in [0.1, 0.15) is 6.10 Å². The van der Waals surface area contributed by atoms with Crippen LogP contribution in [-0.2, 0) is 9.53 Å². The lowest BCUT2D eigenvalue weighted by Crippen LogP contribution is -2.27. The molecule has 0 aromatic rings. The minimum atomic E-state index is -0.150. The minimum Gasteiger partial charge on any atom is -0.459 e. The second-order valence-electron chi connectivity index (χ2n) is 5.58. The highest BCUT2D eigenvalue weighted by Gasteiger charge is 2.39. The van der Waals surface area contributed by atoms with E-state index in [4.69, 9.17) is 4.74 Å². The first-order chi connectivity index (χ1) is 8.22. The second kappa shape index (κ2) is 5.70. The van der Waals surface area contributed by atoms with Crippen LogP contribution in [0.4, 0.5) is 0 Å². The molecule has 2 heteroatoms. The summed E-state index contributed by atoms with van der Waals surface area (Å²) in [4.78, 5) is 11.8. The van der Waals surface area contributed by atoms with Crippen LogP contribution in [-0.4, -0.2) is 12.1 Å². The molecular formula is C15H24O2. The Labute approximate surface area is 104 Å². The summed E-state index contributed by atoms with van der Waals surface area (Å²) in [5.41, 5.74) is 0.645. The summed E-state index contributed by atoms with van der Waals surface area (Å²) in [6, 6.07) is 0. The standard InChI is InChI=1S/C15H24O2/c1-3-6-11(2)15(16)17-14-10-9-12-7-4-5-8-13(12)14/h12-14H,2-10H2,1H3. The van der Waals surface area contributed by atoms with Crippen LogP contribution < -0.4 is 0 Å². The van der Waals surface area contributed by atoms with E-state index in [9.17, 15) is 4.79 Å². The second-order valence-corrected chi connectivity index (χ2v) is 5.58. The Kier molecular flexibility index (Phi) is 4.25. The van der Waals surface area contributed by atoms with E-state index in [0.29, 0.717) is 11.5 Å². The Morgan fingerprint density at radius 1 is 1.24 bits per heavy atom. The third-order valence-electron chi connectivity index (χ3n) is 4.37. The number of hydrogen-bond donors (Lipinski definition) is 0. The first-order valence-corrected chi connectivity index (χ1v) is 7.11. The van der Waals surface area contributed by atoms with Crippen molar-refractivity contribution >= 4 is 5.97 Å². The van der Waals surface area contributed by atoms with Gasteiger partial charge in [-0.2, -0.15) is 0 Å². The Morgan fingerprint density at radius 2 is 2.00 bits per heavy atom. The molecule has 2 fully saturated rings. The Hall–Kier alpha value is -0.790. The van der Waals surface area contributed by atoms with Gasteiger partial charge in [0.15, 0.2) is 0 Å². The van der Waals surface area contributed by atoms with Gasteiger partial charge in [0.25, 0.3) is 0 Å². The topological polar surface area (TPSA) is 26.3 Å². The fourth-order valence-electron chi connectivity index (χ4n) is 3.45. The number of carbonyl (C=O) groups excluding carboxylic acids is 1. The van der Waals surface area contributed by atoms with Crippen molar-refractivity contribution in [2.75, 3.05) is 0 Å². The van der Waals surface area contributed by atoms with Gasteiger partial charge in [-0.1, -0.05) is 39.2 Å². The van der Waals surface area contributed by atoms with E-state index in [1.165, 1.54) is 32.1 Å². The lowest BCUT2D eigenvalue weighted by Gasteiger charge is -2.28. The molecule has 0 radical (unpaired) electrons. The van der Waals surface area contributed by atoms with E-state index in [-0.39, 0.29) is 12.1 Å². The van der Waals surface area contributed by atoms with Gasteiger partial charge in [0, 0.05) is 5.57 Å². The lowest BCUT2D eigenvalue weighted by atomic mass is 9.81. The molecule has 2 aliphatic carbocycles. The highest BCUT2D eigenvalue weighted by atomic mass is 16.5. The van der Waals surface area contributed by atoms with Crippen molar-refractivity contribution in [1.29, 1.82) is 0 Å². The van der Waals surface area contributed by atoms with Crippen molar-refractivity contribution in [3.8, 4) is 0 Å². The van der Waals surface area contributed by atoms with Crippen LogP contribution in [0, 0.1) is 11.8 Å². The number of carbonyl (C=O) groups is 1. The van der Waals surface area contributed by atoms with Gasteiger partial charge in [0.05, 0.1) is 0 Å². The van der Waals surface area contributed by atoms with E-state index < -0.39 is 0 Å². The summed E-state index contributed by atoms with van der Waals surface area (Å²) in [5.74, 6) is 1.31. The molecule has 0 aromatic heterocycles. The maximum Gasteiger partial charge on any atom is 0.333 e. The molecule has 0 spiro atoms. The van der Waals surface area contributed by atoms with Crippen molar-refractivity contribution in [2.24, 2.45) is 11.8 Å². The smallest absolute Gasteiger partial charge is 0.333 e. The Morgan fingerprint density at radius 3 is 2.76 bits per heavy atom. The van der Waals surface area contributed by atoms with Gasteiger partial charge < -0.3 is 4.74 Å². The average Bonchev–Trinajstić information content (AvgIpc) is 2.73. The van der Waals surface area contributed by atoms with Gasteiger partial charge in [-0.05, 0) is 37.5 Å². The number of ether oxygens (including phenoxy) is 1. The number of hydrogen-bond acceptors (Lipinski definition) is 2. The normalized spacial score (nSPS) is 31.9. The molecule has 2 saturated carbocycles. The SMILES string of the molecule is C=C(CCC)C(=O)OC1CCC2CCCCC21. The summed E-state index contributed by atoms with van der Waals surface area (Å²) in [6.07, 6.45) is 9.50. The molecular weight excluding hydrogens is 212 g/mol. The van der Waals surface area contributed by atoms with Crippen LogP contribution in [0.5, 0.6) is 0 Å². The largest absolute Gasteiger partial charge is 0.459 e. The molecule has 0 heterocycles. The quantitative estimate of drug-likeness (QED) is 0.547. The summed E-state index contributed by atoms with van der Waals surface area (Å²) >= 11 is 0. The van der Waals surface area contributed by atoms with Crippen LogP contribution in [0.2, 0.25) is 0 Å². The van der Waals surface area contributed by atoms with Crippen molar-refractivity contribution in [3.05, 3.63) is 12.2 Å². The van der Waals surface area contributed by atoms with Gasteiger partial charge in [-0.15, -0.1) is 0 Å². The molecule has 17 heavy (non-hydrogen) atoms. The predicted molar refractivity (Wildman–Crippen MR) is 68.6 cm³/mol. The molecule has 0 N–H and O–H groups in total. The zero-order valence-electron chi connectivity index (χ0n) is 10.9. The molecule has 96 valence electrons. The molecule has 0 amide bonds. The molecule has 3 unspecified atom stereocenters. The zero-order valence-corrected chi connectivity index (χ0v) is 10.9. The predicted octanol–water partition coefficient (Wildman–Crippen LogP) is 3.85. The number of esters is 1. The fourth-order valence-corrected chi connectivity index (χ4v) is 3.45. The van der Waals surface area contributed by atoms with Crippen molar-refractivity contribution in [1.82, 2.24) is 0 Å². The summed E-state index contributed by atoms with van der Waals surface area (Å²) in [5, 5.41) is 0. The molecule has 2 rings (SSSR count). The maximum absolute atomic E-state index is 11.8. The van der Waals surface area contributed by atoms with E-state index in [1.807, 2.05) is 0 Å². The van der Waals surface area contributed by atoms with E-state index in [2.05, 4.69) is 13.5 Å².